The molecule has 2 N–H and O–H groups in total. The molecule has 0 unspecified atom stereocenters. The van der Waals surface area contributed by atoms with E-state index in [9.17, 15) is 4.79 Å². The number of carbonyl (C=O) groups is 1. The number of carbonyl (C=O) groups excluding carboxylic acids is 1. The van der Waals surface area contributed by atoms with Crippen LogP contribution in [0.15, 0.2) is 48.6 Å². The highest BCUT2D eigenvalue weighted by Gasteiger charge is 1.90. The lowest BCUT2D eigenvalue weighted by Crippen LogP contribution is -2.24. The fourth-order valence-electron chi connectivity index (χ4n) is 2.03. The lowest BCUT2D eigenvalue weighted by atomic mass is 10.1. The van der Waals surface area contributed by atoms with Crippen LogP contribution >= 0.6 is 0 Å². The Morgan fingerprint density at radius 1 is 0.870 bits per heavy atom. The number of allylic oxidation sites excluding steroid dienone is 7. The van der Waals surface area contributed by atoms with Gasteiger partial charge in [0.2, 0.25) is 5.91 Å². The predicted molar refractivity (Wildman–Crippen MR) is 99.3 cm³/mol. The van der Waals surface area contributed by atoms with Gasteiger partial charge in [-0.25, -0.2) is 0 Å². The summed E-state index contributed by atoms with van der Waals surface area (Å²) in [5.74, 6) is -0.192. The number of unbranched alkanes of at least 4 members (excludes halogenated alkanes) is 7. The molecule has 0 spiro atoms. The number of amides is 1. The van der Waals surface area contributed by atoms with E-state index in [4.69, 9.17) is 5.11 Å². The molecule has 0 aliphatic rings. The van der Waals surface area contributed by atoms with Gasteiger partial charge in [0.25, 0.3) is 0 Å². The fourth-order valence-corrected chi connectivity index (χ4v) is 2.03. The average Bonchev–Trinajstić information content (AvgIpc) is 2.56. The largest absolute Gasteiger partial charge is 0.395 e. The maximum atomic E-state index is 11.2. The number of rotatable bonds is 14. The van der Waals surface area contributed by atoms with Crippen molar-refractivity contribution >= 4 is 5.91 Å². The molecule has 0 aromatic carbocycles. The van der Waals surface area contributed by atoms with Gasteiger partial charge in [-0.3, -0.25) is 4.79 Å². The molecule has 0 aliphatic heterocycles. The van der Waals surface area contributed by atoms with Crippen molar-refractivity contribution in [1.82, 2.24) is 5.32 Å². The molecule has 0 bridgehead atoms. The van der Waals surface area contributed by atoms with Crippen LogP contribution < -0.4 is 5.32 Å². The molecule has 0 aliphatic carbocycles. The molecular formula is C20H33NO2. The van der Waals surface area contributed by atoms with Crippen LogP contribution in [0.4, 0.5) is 0 Å². The van der Waals surface area contributed by atoms with E-state index in [-0.39, 0.29) is 19.1 Å². The second-order valence-corrected chi connectivity index (χ2v) is 5.48. The molecule has 3 nitrogen and oxygen atoms in total. The quantitative estimate of drug-likeness (QED) is 0.282. The van der Waals surface area contributed by atoms with Crippen molar-refractivity contribution in [3.05, 3.63) is 48.6 Å². The normalized spacial score (nSPS) is 12.3. The molecule has 0 heterocycles. The Morgan fingerprint density at radius 2 is 1.48 bits per heavy atom. The molecule has 3 heteroatoms. The Balaban J connectivity index is 3.52. The van der Waals surface area contributed by atoms with E-state index in [1.807, 2.05) is 18.2 Å². The van der Waals surface area contributed by atoms with E-state index in [1.165, 1.54) is 51.0 Å². The molecule has 0 saturated carbocycles. The van der Waals surface area contributed by atoms with Crippen molar-refractivity contribution in [1.29, 1.82) is 0 Å². The average molecular weight is 319 g/mol. The molecule has 0 atom stereocenters. The minimum absolute atomic E-state index is 0.0383. The van der Waals surface area contributed by atoms with Gasteiger partial charge in [0.05, 0.1) is 6.61 Å². The van der Waals surface area contributed by atoms with Gasteiger partial charge in [-0.15, -0.1) is 0 Å². The summed E-state index contributed by atoms with van der Waals surface area (Å²) in [4.78, 5) is 11.2. The van der Waals surface area contributed by atoms with Crippen LogP contribution in [-0.4, -0.2) is 24.2 Å². The van der Waals surface area contributed by atoms with Crippen molar-refractivity contribution in [2.75, 3.05) is 13.2 Å². The summed E-state index contributed by atoms with van der Waals surface area (Å²) in [6.07, 6.45) is 25.6. The van der Waals surface area contributed by atoms with Crippen molar-refractivity contribution in [2.45, 2.75) is 58.3 Å². The molecule has 0 radical (unpaired) electrons. The van der Waals surface area contributed by atoms with Gasteiger partial charge in [0, 0.05) is 12.6 Å². The third-order valence-electron chi connectivity index (χ3n) is 3.32. The van der Waals surface area contributed by atoms with Crippen molar-refractivity contribution in [3.8, 4) is 0 Å². The van der Waals surface area contributed by atoms with E-state index >= 15 is 0 Å². The molecule has 0 saturated heterocycles. The van der Waals surface area contributed by atoms with E-state index in [0.29, 0.717) is 0 Å². The van der Waals surface area contributed by atoms with Crippen LogP contribution in [0, 0.1) is 0 Å². The maximum absolute atomic E-state index is 11.2. The van der Waals surface area contributed by atoms with Crippen molar-refractivity contribution in [2.24, 2.45) is 0 Å². The zero-order valence-electron chi connectivity index (χ0n) is 14.5. The van der Waals surface area contributed by atoms with Crippen LogP contribution in [0.1, 0.15) is 58.3 Å². The highest BCUT2D eigenvalue weighted by Crippen LogP contribution is 2.08. The molecular weight excluding hydrogens is 286 g/mol. The van der Waals surface area contributed by atoms with E-state index in [2.05, 4.69) is 24.4 Å². The molecule has 23 heavy (non-hydrogen) atoms. The zero-order valence-corrected chi connectivity index (χ0v) is 14.5. The van der Waals surface area contributed by atoms with Crippen LogP contribution in [0.5, 0.6) is 0 Å². The van der Waals surface area contributed by atoms with E-state index in [1.54, 1.807) is 12.2 Å². The number of hydrogen-bond donors (Lipinski definition) is 2. The Bertz CT molecular complexity index is 381. The first-order valence-electron chi connectivity index (χ1n) is 8.86. The summed E-state index contributed by atoms with van der Waals surface area (Å²) in [5.41, 5.74) is 0. The fraction of sp³-hybridized carbons (Fsp3) is 0.550. The number of aliphatic hydroxyl groups is 1. The third-order valence-corrected chi connectivity index (χ3v) is 3.32. The maximum Gasteiger partial charge on any atom is 0.244 e. The Morgan fingerprint density at radius 3 is 2.17 bits per heavy atom. The van der Waals surface area contributed by atoms with Gasteiger partial charge in [0.15, 0.2) is 0 Å². The van der Waals surface area contributed by atoms with Gasteiger partial charge in [0.1, 0.15) is 0 Å². The van der Waals surface area contributed by atoms with E-state index in [0.717, 1.165) is 6.42 Å². The smallest absolute Gasteiger partial charge is 0.244 e. The van der Waals surface area contributed by atoms with Gasteiger partial charge < -0.3 is 10.4 Å². The Labute approximate surface area is 141 Å². The minimum Gasteiger partial charge on any atom is -0.395 e. The van der Waals surface area contributed by atoms with Crippen molar-refractivity contribution < 1.29 is 9.90 Å². The summed E-state index contributed by atoms with van der Waals surface area (Å²) in [6, 6.07) is 0. The molecule has 0 fully saturated rings. The summed E-state index contributed by atoms with van der Waals surface area (Å²) in [7, 11) is 0. The lowest BCUT2D eigenvalue weighted by molar-refractivity contribution is -0.116. The molecule has 0 aromatic rings. The zero-order chi connectivity index (χ0) is 17.0. The second-order valence-electron chi connectivity index (χ2n) is 5.48. The molecule has 0 aromatic heterocycles. The molecule has 0 rings (SSSR count). The van der Waals surface area contributed by atoms with Crippen LogP contribution in [-0.2, 0) is 4.79 Å². The number of hydrogen-bond acceptors (Lipinski definition) is 2. The van der Waals surface area contributed by atoms with Gasteiger partial charge in [-0.1, -0.05) is 88.0 Å². The van der Waals surface area contributed by atoms with Gasteiger partial charge in [-0.2, -0.15) is 0 Å². The monoisotopic (exact) mass is 319 g/mol. The van der Waals surface area contributed by atoms with Crippen LogP contribution in [0.3, 0.4) is 0 Å². The first kappa shape index (κ1) is 21.4. The van der Waals surface area contributed by atoms with Gasteiger partial charge in [-0.05, 0) is 12.8 Å². The Hall–Kier alpha value is -1.61. The first-order chi connectivity index (χ1) is 11.3. The topological polar surface area (TPSA) is 49.3 Å². The Kier molecular flexibility index (Phi) is 17.1. The SMILES string of the molecule is CCCCCCCCC\C=C/C=C\C=C\C=C\C(=O)NCCO. The molecule has 130 valence electrons. The molecule has 1 amide bonds. The first-order valence-corrected chi connectivity index (χ1v) is 8.86. The van der Waals surface area contributed by atoms with Crippen LogP contribution in [0.25, 0.3) is 0 Å². The summed E-state index contributed by atoms with van der Waals surface area (Å²) < 4.78 is 0. The summed E-state index contributed by atoms with van der Waals surface area (Å²) >= 11 is 0. The highest BCUT2D eigenvalue weighted by molar-refractivity contribution is 5.87. The van der Waals surface area contributed by atoms with E-state index < -0.39 is 0 Å². The summed E-state index contributed by atoms with van der Waals surface area (Å²) in [5, 5.41) is 11.1. The van der Waals surface area contributed by atoms with Crippen LogP contribution in [0.2, 0.25) is 0 Å². The third kappa shape index (κ3) is 18.3. The predicted octanol–water partition coefficient (Wildman–Crippen LogP) is 4.46. The number of nitrogens with one attached hydrogen (secondary N) is 1. The van der Waals surface area contributed by atoms with Crippen molar-refractivity contribution in [3.63, 3.8) is 0 Å². The second kappa shape index (κ2) is 18.4. The number of aliphatic hydroxyl groups excluding tert-OH is 1. The highest BCUT2D eigenvalue weighted by atomic mass is 16.3. The lowest BCUT2D eigenvalue weighted by Gasteiger charge is -1.98. The minimum atomic E-state index is -0.192. The van der Waals surface area contributed by atoms with Gasteiger partial charge >= 0.3 is 0 Å². The summed E-state index contributed by atoms with van der Waals surface area (Å²) in [6.45, 7) is 2.50. The standard InChI is InChI=1S/C20H33NO2/c1-2-3-4-5-6-7-8-9-10-11-12-13-14-15-16-17-20(23)21-18-19-22/h10-17,22H,2-9,18-19H2,1H3,(H,21,23)/b11-10-,13-12-,15-14+,17-16+.